The van der Waals surface area contributed by atoms with Crippen molar-refractivity contribution in [3.63, 3.8) is 0 Å². The molecular formula is C14H20O4. The third-order valence-corrected chi connectivity index (χ3v) is 3.33. The lowest BCUT2D eigenvalue weighted by molar-refractivity contribution is -0.135. The van der Waals surface area contributed by atoms with E-state index in [1.165, 1.54) is 13.8 Å². The maximum absolute atomic E-state index is 12.0. The van der Waals surface area contributed by atoms with Crippen molar-refractivity contribution < 1.29 is 19.8 Å². The number of aliphatic hydroxyl groups is 2. The van der Waals surface area contributed by atoms with Gasteiger partial charge in [-0.3, -0.25) is 9.59 Å². The average molecular weight is 252 g/mol. The molecule has 100 valence electrons. The number of rotatable bonds is 4. The first kappa shape index (κ1) is 14.6. The molecule has 4 nitrogen and oxygen atoms in total. The van der Waals surface area contributed by atoms with Gasteiger partial charge in [0, 0.05) is 18.4 Å². The number of carbonyl (C=O) groups excluding carboxylic acids is 2. The van der Waals surface area contributed by atoms with Gasteiger partial charge < -0.3 is 10.2 Å². The summed E-state index contributed by atoms with van der Waals surface area (Å²) in [6.07, 6.45) is 4.55. The molecule has 0 spiro atoms. The third kappa shape index (κ3) is 2.88. The van der Waals surface area contributed by atoms with Crippen LogP contribution in [-0.2, 0) is 9.59 Å². The predicted molar refractivity (Wildman–Crippen MR) is 68.1 cm³/mol. The molecule has 1 aliphatic carbocycles. The topological polar surface area (TPSA) is 74.6 Å². The van der Waals surface area contributed by atoms with Crippen molar-refractivity contribution >= 4 is 11.6 Å². The zero-order valence-corrected chi connectivity index (χ0v) is 11.1. The zero-order chi connectivity index (χ0) is 13.9. The molecule has 0 saturated heterocycles. The van der Waals surface area contributed by atoms with Crippen LogP contribution in [0.4, 0.5) is 0 Å². The van der Waals surface area contributed by atoms with Crippen LogP contribution in [0.5, 0.6) is 0 Å². The number of aliphatic hydroxyl groups excluding tert-OH is 1. The van der Waals surface area contributed by atoms with Crippen molar-refractivity contribution in [2.45, 2.75) is 45.6 Å². The van der Waals surface area contributed by atoms with Crippen LogP contribution >= 0.6 is 0 Å². The summed E-state index contributed by atoms with van der Waals surface area (Å²) in [5.74, 6) is -1.69. The molecule has 4 heteroatoms. The fourth-order valence-electron chi connectivity index (χ4n) is 2.20. The van der Waals surface area contributed by atoms with E-state index in [9.17, 15) is 19.8 Å². The predicted octanol–water partition coefficient (Wildman–Crippen LogP) is 2.08. The van der Waals surface area contributed by atoms with Crippen molar-refractivity contribution in [1.82, 2.24) is 0 Å². The number of Topliss-reactive ketones (excluding diaryl/α,β-unsaturated/α-hetero) is 2. The van der Waals surface area contributed by atoms with Crippen LogP contribution in [0.15, 0.2) is 23.5 Å². The smallest absolute Gasteiger partial charge is 0.172 e. The first-order chi connectivity index (χ1) is 8.31. The van der Waals surface area contributed by atoms with Crippen LogP contribution in [0, 0.1) is 5.92 Å². The number of allylic oxidation sites excluding steroid dienone is 3. The minimum atomic E-state index is -1.49. The highest BCUT2D eigenvalue weighted by atomic mass is 16.3. The molecule has 18 heavy (non-hydrogen) atoms. The summed E-state index contributed by atoms with van der Waals surface area (Å²) in [6, 6.07) is 0. The molecule has 1 unspecified atom stereocenters. The Labute approximate surface area is 107 Å². The first-order valence-corrected chi connectivity index (χ1v) is 6.12. The normalized spacial score (nSPS) is 29.1. The second-order valence-electron chi connectivity index (χ2n) is 4.94. The van der Waals surface area contributed by atoms with Gasteiger partial charge in [-0.1, -0.05) is 12.2 Å². The minimum Gasteiger partial charge on any atom is -0.509 e. The molecule has 0 aromatic rings. The van der Waals surface area contributed by atoms with Crippen LogP contribution in [0.3, 0.4) is 0 Å². The average Bonchev–Trinajstić information content (AvgIpc) is 2.32. The summed E-state index contributed by atoms with van der Waals surface area (Å²) in [4.78, 5) is 23.9. The molecule has 0 aromatic carbocycles. The van der Waals surface area contributed by atoms with Gasteiger partial charge in [0.15, 0.2) is 5.78 Å². The van der Waals surface area contributed by atoms with Crippen LogP contribution in [0.2, 0.25) is 0 Å². The molecule has 0 heterocycles. The lowest BCUT2D eigenvalue weighted by Gasteiger charge is -2.32. The van der Waals surface area contributed by atoms with Crippen molar-refractivity contribution in [3.05, 3.63) is 23.5 Å². The van der Waals surface area contributed by atoms with Gasteiger partial charge in [-0.2, -0.15) is 0 Å². The Morgan fingerprint density at radius 2 is 2.17 bits per heavy atom. The maximum atomic E-state index is 12.0. The Hall–Kier alpha value is -1.42. The summed E-state index contributed by atoms with van der Waals surface area (Å²) in [5, 5.41) is 19.7. The summed E-state index contributed by atoms with van der Waals surface area (Å²) in [6.45, 7) is 4.73. The van der Waals surface area contributed by atoms with E-state index in [4.69, 9.17) is 0 Å². The highest BCUT2D eigenvalue weighted by molar-refractivity contribution is 6.11. The SMILES string of the molecule is C/C=C/CCC(=O)C1C[C@](C)(O)C(O)=C(C)C1=O. The Kier molecular flexibility index (Phi) is 4.46. The lowest BCUT2D eigenvalue weighted by Crippen LogP contribution is -2.42. The summed E-state index contributed by atoms with van der Waals surface area (Å²) >= 11 is 0. The Morgan fingerprint density at radius 1 is 1.56 bits per heavy atom. The molecule has 0 saturated carbocycles. The summed E-state index contributed by atoms with van der Waals surface area (Å²) in [5.41, 5.74) is -1.39. The van der Waals surface area contributed by atoms with Crippen molar-refractivity contribution in [3.8, 4) is 0 Å². The minimum absolute atomic E-state index is 0.0380. The number of hydrogen-bond acceptors (Lipinski definition) is 4. The Balaban J connectivity index is 2.86. The van der Waals surface area contributed by atoms with Gasteiger partial charge in [-0.15, -0.1) is 0 Å². The van der Waals surface area contributed by atoms with E-state index in [0.29, 0.717) is 6.42 Å². The second-order valence-corrected chi connectivity index (χ2v) is 4.94. The number of carbonyl (C=O) groups is 2. The lowest BCUT2D eigenvalue weighted by atomic mass is 9.76. The molecule has 1 aliphatic rings. The monoisotopic (exact) mass is 252 g/mol. The van der Waals surface area contributed by atoms with Gasteiger partial charge in [0.1, 0.15) is 17.1 Å². The Bertz CT molecular complexity index is 416. The number of hydrogen-bond donors (Lipinski definition) is 2. The van der Waals surface area contributed by atoms with Gasteiger partial charge in [0.05, 0.1) is 5.92 Å². The molecule has 0 amide bonds. The molecule has 0 radical (unpaired) electrons. The van der Waals surface area contributed by atoms with Gasteiger partial charge in [0.2, 0.25) is 0 Å². The van der Waals surface area contributed by atoms with E-state index >= 15 is 0 Å². The molecule has 2 atom stereocenters. The highest BCUT2D eigenvalue weighted by Crippen LogP contribution is 2.34. The highest BCUT2D eigenvalue weighted by Gasteiger charge is 2.43. The Morgan fingerprint density at radius 3 is 2.72 bits per heavy atom. The molecule has 1 rings (SSSR count). The van der Waals surface area contributed by atoms with E-state index < -0.39 is 11.5 Å². The first-order valence-electron chi connectivity index (χ1n) is 6.12. The van der Waals surface area contributed by atoms with E-state index in [1.54, 1.807) is 0 Å². The van der Waals surface area contributed by atoms with Crippen molar-refractivity contribution in [2.75, 3.05) is 0 Å². The van der Waals surface area contributed by atoms with Gasteiger partial charge in [-0.25, -0.2) is 0 Å². The molecule has 0 fully saturated rings. The molecule has 2 N–H and O–H groups in total. The van der Waals surface area contributed by atoms with E-state index in [-0.39, 0.29) is 35.7 Å². The van der Waals surface area contributed by atoms with Crippen molar-refractivity contribution in [2.24, 2.45) is 5.92 Å². The van der Waals surface area contributed by atoms with Crippen LogP contribution in [0.1, 0.15) is 40.0 Å². The quantitative estimate of drug-likeness (QED) is 0.593. The van der Waals surface area contributed by atoms with E-state index in [1.807, 2.05) is 19.1 Å². The molecule has 0 bridgehead atoms. The fraction of sp³-hybridized carbons (Fsp3) is 0.571. The number of ketones is 2. The second kappa shape index (κ2) is 5.48. The van der Waals surface area contributed by atoms with Gasteiger partial charge in [-0.05, 0) is 27.2 Å². The van der Waals surface area contributed by atoms with Crippen LogP contribution in [-0.4, -0.2) is 27.4 Å². The van der Waals surface area contributed by atoms with E-state index in [2.05, 4.69) is 0 Å². The molecule has 0 aromatic heterocycles. The standard InChI is InChI=1S/C14H20O4/c1-4-5-6-7-11(15)10-8-14(3,18)13(17)9(2)12(10)16/h4-5,10,17-18H,6-8H2,1-3H3/b5-4+/t10?,14-/m0/s1. The van der Waals surface area contributed by atoms with Crippen LogP contribution in [0.25, 0.3) is 0 Å². The zero-order valence-electron chi connectivity index (χ0n) is 11.1. The van der Waals surface area contributed by atoms with Crippen molar-refractivity contribution in [1.29, 1.82) is 0 Å². The summed E-state index contributed by atoms with van der Waals surface area (Å²) < 4.78 is 0. The van der Waals surface area contributed by atoms with E-state index in [0.717, 1.165) is 0 Å². The summed E-state index contributed by atoms with van der Waals surface area (Å²) in [7, 11) is 0. The maximum Gasteiger partial charge on any atom is 0.172 e. The molecular weight excluding hydrogens is 232 g/mol. The molecule has 0 aliphatic heterocycles. The van der Waals surface area contributed by atoms with Gasteiger partial charge >= 0.3 is 0 Å². The van der Waals surface area contributed by atoms with Gasteiger partial charge in [0.25, 0.3) is 0 Å². The fourth-order valence-corrected chi connectivity index (χ4v) is 2.20. The largest absolute Gasteiger partial charge is 0.509 e. The third-order valence-electron chi connectivity index (χ3n) is 3.33. The van der Waals surface area contributed by atoms with Crippen LogP contribution < -0.4 is 0 Å².